The minimum atomic E-state index is -0.537. The van der Waals surface area contributed by atoms with E-state index < -0.39 is 5.82 Å². The molecule has 0 saturated carbocycles. The third-order valence-corrected chi connectivity index (χ3v) is 2.63. The van der Waals surface area contributed by atoms with E-state index in [0.29, 0.717) is 45.1 Å². The van der Waals surface area contributed by atoms with Crippen LogP contribution in [0.1, 0.15) is 23.7 Å². The molecule has 0 saturated heterocycles. The van der Waals surface area contributed by atoms with Gasteiger partial charge in [-0.1, -0.05) is 0 Å². The molecule has 0 radical (unpaired) electrons. The molecule has 0 aliphatic heterocycles. The van der Waals surface area contributed by atoms with Crippen LogP contribution >= 0.6 is 0 Å². The average molecular weight is 299 g/mol. The summed E-state index contributed by atoms with van der Waals surface area (Å²) in [6.45, 7) is 4.55. The third-order valence-electron chi connectivity index (χ3n) is 2.63. The second kappa shape index (κ2) is 10.1. The smallest absolute Gasteiger partial charge is 0.255 e. The van der Waals surface area contributed by atoms with Crippen molar-refractivity contribution < 1.29 is 18.7 Å². The molecule has 1 rings (SSSR count). The van der Waals surface area contributed by atoms with Crippen LogP contribution < -0.4 is 10.6 Å². The average Bonchev–Trinajstić information content (AvgIpc) is 2.48. The lowest BCUT2D eigenvalue weighted by Gasteiger charge is -2.10. The molecule has 21 heavy (non-hydrogen) atoms. The lowest BCUT2D eigenvalue weighted by molar-refractivity contribution is 0.0688. The fourth-order valence-corrected chi connectivity index (χ4v) is 1.64. The Labute approximate surface area is 124 Å². The van der Waals surface area contributed by atoms with Crippen molar-refractivity contribution in [2.24, 2.45) is 0 Å². The highest BCUT2D eigenvalue weighted by atomic mass is 19.1. The van der Waals surface area contributed by atoms with Crippen LogP contribution in [0, 0.1) is 5.82 Å². The topological polar surface area (TPSA) is 72.5 Å². The van der Waals surface area contributed by atoms with Gasteiger partial charge in [-0.05, 0) is 19.4 Å². The SMILES string of the molecule is CCNc1ncc(F)cc1C(=O)NCCCOCCOC. The van der Waals surface area contributed by atoms with E-state index in [4.69, 9.17) is 9.47 Å². The minimum absolute atomic E-state index is 0.206. The summed E-state index contributed by atoms with van der Waals surface area (Å²) in [4.78, 5) is 15.9. The van der Waals surface area contributed by atoms with E-state index in [1.165, 1.54) is 6.07 Å². The largest absolute Gasteiger partial charge is 0.382 e. The van der Waals surface area contributed by atoms with Crippen molar-refractivity contribution in [2.75, 3.05) is 45.3 Å². The molecule has 6 nitrogen and oxygen atoms in total. The number of carbonyl (C=O) groups excluding carboxylic acids is 1. The van der Waals surface area contributed by atoms with Crippen LogP contribution in [0.25, 0.3) is 0 Å². The summed E-state index contributed by atoms with van der Waals surface area (Å²) in [6, 6.07) is 1.18. The summed E-state index contributed by atoms with van der Waals surface area (Å²) in [5.74, 6) is -0.507. The molecular weight excluding hydrogens is 277 g/mol. The molecule has 1 heterocycles. The van der Waals surface area contributed by atoms with E-state index in [-0.39, 0.29) is 11.5 Å². The quantitative estimate of drug-likeness (QED) is 0.640. The summed E-state index contributed by atoms with van der Waals surface area (Å²) in [5.41, 5.74) is 0.206. The molecular formula is C14H22FN3O3. The standard InChI is InChI=1S/C14H22FN3O3/c1-3-16-13-12(9-11(15)10-18-13)14(19)17-5-4-6-21-8-7-20-2/h9-10H,3-8H2,1-2H3,(H,16,18)(H,17,19). The van der Waals surface area contributed by atoms with E-state index in [1.54, 1.807) is 7.11 Å². The zero-order valence-electron chi connectivity index (χ0n) is 12.4. The molecule has 118 valence electrons. The van der Waals surface area contributed by atoms with Crippen molar-refractivity contribution in [3.05, 3.63) is 23.6 Å². The molecule has 1 aromatic heterocycles. The number of nitrogens with zero attached hydrogens (tertiary/aromatic N) is 1. The fourth-order valence-electron chi connectivity index (χ4n) is 1.64. The maximum atomic E-state index is 13.2. The Bertz CT molecular complexity index is 443. The Kier molecular flexibility index (Phi) is 8.30. The van der Waals surface area contributed by atoms with Crippen LogP contribution in [0.15, 0.2) is 12.3 Å². The molecule has 0 aromatic carbocycles. The lowest BCUT2D eigenvalue weighted by Crippen LogP contribution is -2.26. The summed E-state index contributed by atoms with van der Waals surface area (Å²) in [5, 5.41) is 5.65. The van der Waals surface area contributed by atoms with Gasteiger partial charge in [0.25, 0.3) is 5.91 Å². The summed E-state index contributed by atoms with van der Waals surface area (Å²) < 4.78 is 23.3. The van der Waals surface area contributed by atoms with Gasteiger partial charge >= 0.3 is 0 Å². The normalized spacial score (nSPS) is 10.4. The predicted octanol–water partition coefficient (Wildman–Crippen LogP) is 1.44. The Morgan fingerprint density at radius 2 is 2.19 bits per heavy atom. The summed E-state index contributed by atoms with van der Waals surface area (Å²) in [6.07, 6.45) is 1.76. The molecule has 0 unspecified atom stereocenters. The van der Waals surface area contributed by atoms with E-state index in [2.05, 4.69) is 15.6 Å². The molecule has 0 aliphatic carbocycles. The van der Waals surface area contributed by atoms with Crippen molar-refractivity contribution in [3.63, 3.8) is 0 Å². The lowest BCUT2D eigenvalue weighted by atomic mass is 10.2. The number of ether oxygens (including phenoxy) is 2. The maximum Gasteiger partial charge on any atom is 0.255 e. The van der Waals surface area contributed by atoms with Gasteiger partial charge in [-0.3, -0.25) is 4.79 Å². The Morgan fingerprint density at radius 3 is 2.90 bits per heavy atom. The number of pyridine rings is 1. The number of anilines is 1. The van der Waals surface area contributed by atoms with E-state index in [0.717, 1.165) is 6.20 Å². The van der Waals surface area contributed by atoms with Crippen LogP contribution in [-0.4, -0.2) is 50.9 Å². The molecule has 2 N–H and O–H groups in total. The van der Waals surface area contributed by atoms with Crippen LogP contribution in [-0.2, 0) is 9.47 Å². The Balaban J connectivity index is 2.39. The molecule has 7 heteroatoms. The monoisotopic (exact) mass is 299 g/mol. The first-order valence-electron chi connectivity index (χ1n) is 6.93. The number of hydrogen-bond acceptors (Lipinski definition) is 5. The van der Waals surface area contributed by atoms with Gasteiger partial charge in [-0.25, -0.2) is 9.37 Å². The highest BCUT2D eigenvalue weighted by Gasteiger charge is 2.13. The number of amides is 1. The molecule has 0 atom stereocenters. The Hall–Kier alpha value is -1.73. The first kappa shape index (κ1) is 17.3. The summed E-state index contributed by atoms with van der Waals surface area (Å²) in [7, 11) is 1.61. The number of nitrogens with one attached hydrogen (secondary N) is 2. The first-order chi connectivity index (χ1) is 10.2. The van der Waals surface area contributed by atoms with Crippen LogP contribution in [0.3, 0.4) is 0 Å². The van der Waals surface area contributed by atoms with Gasteiger partial charge in [-0.15, -0.1) is 0 Å². The number of rotatable bonds is 10. The zero-order valence-corrected chi connectivity index (χ0v) is 12.4. The van der Waals surface area contributed by atoms with Crippen molar-refractivity contribution in [1.82, 2.24) is 10.3 Å². The van der Waals surface area contributed by atoms with Crippen molar-refractivity contribution in [2.45, 2.75) is 13.3 Å². The number of halogens is 1. The third kappa shape index (κ3) is 6.50. The molecule has 1 amide bonds. The van der Waals surface area contributed by atoms with E-state index in [1.807, 2.05) is 6.92 Å². The second-order valence-corrected chi connectivity index (χ2v) is 4.29. The van der Waals surface area contributed by atoms with Crippen LogP contribution in [0.2, 0.25) is 0 Å². The predicted molar refractivity (Wildman–Crippen MR) is 78.0 cm³/mol. The van der Waals surface area contributed by atoms with E-state index in [9.17, 15) is 9.18 Å². The minimum Gasteiger partial charge on any atom is -0.382 e. The fraction of sp³-hybridized carbons (Fsp3) is 0.571. The Morgan fingerprint density at radius 1 is 1.38 bits per heavy atom. The molecule has 0 bridgehead atoms. The molecule has 0 aliphatic rings. The van der Waals surface area contributed by atoms with Gasteiger partial charge < -0.3 is 20.1 Å². The van der Waals surface area contributed by atoms with Gasteiger partial charge in [0.15, 0.2) is 0 Å². The van der Waals surface area contributed by atoms with Gasteiger partial charge in [-0.2, -0.15) is 0 Å². The van der Waals surface area contributed by atoms with E-state index >= 15 is 0 Å². The van der Waals surface area contributed by atoms with Crippen molar-refractivity contribution >= 4 is 11.7 Å². The van der Waals surface area contributed by atoms with Crippen LogP contribution in [0.5, 0.6) is 0 Å². The molecule has 0 fully saturated rings. The van der Waals surface area contributed by atoms with Gasteiger partial charge in [0.2, 0.25) is 0 Å². The number of methoxy groups -OCH3 is 1. The van der Waals surface area contributed by atoms with Crippen molar-refractivity contribution in [1.29, 1.82) is 0 Å². The number of aromatic nitrogens is 1. The van der Waals surface area contributed by atoms with Crippen molar-refractivity contribution in [3.8, 4) is 0 Å². The molecule has 0 spiro atoms. The number of hydrogen-bond donors (Lipinski definition) is 2. The maximum absolute atomic E-state index is 13.2. The number of carbonyl (C=O) groups is 1. The zero-order chi connectivity index (χ0) is 15.5. The molecule has 1 aromatic rings. The summed E-state index contributed by atoms with van der Waals surface area (Å²) >= 11 is 0. The van der Waals surface area contributed by atoms with Gasteiger partial charge in [0.1, 0.15) is 11.6 Å². The first-order valence-corrected chi connectivity index (χ1v) is 6.93. The van der Waals surface area contributed by atoms with Crippen LogP contribution in [0.4, 0.5) is 10.2 Å². The van der Waals surface area contributed by atoms with Gasteiger partial charge in [0.05, 0.1) is 25.0 Å². The second-order valence-electron chi connectivity index (χ2n) is 4.29. The highest BCUT2D eigenvalue weighted by Crippen LogP contribution is 2.13. The van der Waals surface area contributed by atoms with Gasteiger partial charge in [0, 0.05) is 26.8 Å². The highest BCUT2D eigenvalue weighted by molar-refractivity contribution is 5.98.